The van der Waals surface area contributed by atoms with Crippen molar-refractivity contribution >= 4 is 28.2 Å². The number of nitrogens with one attached hydrogen (secondary N) is 2. The molecule has 2 aliphatic heterocycles. The first-order valence-corrected chi connectivity index (χ1v) is 11.2. The fourth-order valence-corrected chi connectivity index (χ4v) is 5.40. The molecule has 0 aromatic carbocycles. The zero-order chi connectivity index (χ0) is 20.4. The molecule has 4 rings (SSSR count). The summed E-state index contributed by atoms with van der Waals surface area (Å²) in [6, 6.07) is 5.75. The molecule has 2 fully saturated rings. The van der Waals surface area contributed by atoms with Gasteiger partial charge in [-0.15, -0.1) is 11.3 Å². The monoisotopic (exact) mass is 411 g/mol. The van der Waals surface area contributed by atoms with Gasteiger partial charge in [-0.2, -0.15) is 10.2 Å². The molecular formula is C21H29N7S. The number of piperidine rings is 2. The molecule has 4 heterocycles. The van der Waals surface area contributed by atoms with Crippen LogP contribution in [0.15, 0.2) is 12.3 Å². The van der Waals surface area contributed by atoms with Crippen LogP contribution >= 0.6 is 11.3 Å². The quantitative estimate of drug-likeness (QED) is 0.744. The van der Waals surface area contributed by atoms with Crippen molar-refractivity contribution in [2.75, 3.05) is 17.3 Å². The number of nitriles is 1. The summed E-state index contributed by atoms with van der Waals surface area (Å²) >= 11 is 1.62. The van der Waals surface area contributed by atoms with Crippen molar-refractivity contribution in [3.8, 4) is 6.07 Å². The molecule has 2 N–H and O–H groups in total. The van der Waals surface area contributed by atoms with E-state index < -0.39 is 0 Å². The molecule has 2 atom stereocenters. The second-order valence-electron chi connectivity index (χ2n) is 8.43. The average Bonchev–Trinajstić information content (AvgIpc) is 3.09. The van der Waals surface area contributed by atoms with Gasteiger partial charge in [0.15, 0.2) is 5.13 Å². The van der Waals surface area contributed by atoms with E-state index in [9.17, 15) is 0 Å². The van der Waals surface area contributed by atoms with Crippen LogP contribution in [0.25, 0.3) is 0 Å². The second kappa shape index (κ2) is 8.64. The maximum atomic E-state index is 8.89. The summed E-state index contributed by atoms with van der Waals surface area (Å²) in [5.74, 6) is 2.25. The highest BCUT2D eigenvalue weighted by Crippen LogP contribution is 2.34. The number of fused-ring (bicyclic) bond motifs is 2. The topological polar surface area (TPSA) is 89.8 Å². The largest absolute Gasteiger partial charge is 0.341 e. The zero-order valence-corrected chi connectivity index (χ0v) is 18.2. The van der Waals surface area contributed by atoms with Crippen molar-refractivity contribution in [1.82, 2.24) is 20.3 Å². The molecule has 2 unspecified atom stereocenters. The molecule has 29 heavy (non-hydrogen) atoms. The highest BCUT2D eigenvalue weighted by atomic mass is 32.1. The van der Waals surface area contributed by atoms with Crippen molar-refractivity contribution in [1.29, 1.82) is 5.26 Å². The maximum absolute atomic E-state index is 8.89. The second-order valence-corrected chi connectivity index (χ2v) is 9.66. The fraction of sp³-hybridized carbons (Fsp3) is 0.619. The lowest BCUT2D eigenvalue weighted by Crippen LogP contribution is -2.56. The van der Waals surface area contributed by atoms with Gasteiger partial charge in [-0.25, -0.2) is 9.97 Å². The first-order valence-electron chi connectivity index (χ1n) is 10.4. The molecule has 0 spiro atoms. The maximum Gasteiger partial charge on any atom is 0.227 e. The van der Waals surface area contributed by atoms with E-state index in [1.165, 1.54) is 17.7 Å². The van der Waals surface area contributed by atoms with E-state index in [1.807, 2.05) is 26.1 Å². The fourth-order valence-electron chi connectivity index (χ4n) is 4.73. The molecule has 0 radical (unpaired) electrons. The van der Waals surface area contributed by atoms with Crippen LogP contribution in [0, 0.1) is 31.1 Å². The van der Waals surface area contributed by atoms with Crippen LogP contribution in [0.4, 0.5) is 16.9 Å². The Morgan fingerprint density at radius 2 is 2.00 bits per heavy atom. The summed E-state index contributed by atoms with van der Waals surface area (Å²) in [4.78, 5) is 17.3. The van der Waals surface area contributed by atoms with Crippen LogP contribution in [-0.4, -0.2) is 40.1 Å². The van der Waals surface area contributed by atoms with E-state index in [0.717, 1.165) is 41.9 Å². The number of thiazole rings is 1. The first-order chi connectivity index (χ1) is 14.0. The lowest BCUT2D eigenvalue weighted by Gasteiger charge is -2.46. The van der Waals surface area contributed by atoms with Gasteiger partial charge >= 0.3 is 0 Å². The zero-order valence-electron chi connectivity index (χ0n) is 17.4. The Bertz CT molecular complexity index is 875. The Morgan fingerprint density at radius 1 is 1.24 bits per heavy atom. The van der Waals surface area contributed by atoms with Crippen LogP contribution < -0.4 is 15.5 Å². The Balaban J connectivity index is 1.44. The molecule has 2 saturated heterocycles. The van der Waals surface area contributed by atoms with Crippen LogP contribution in [0.5, 0.6) is 0 Å². The lowest BCUT2D eigenvalue weighted by atomic mass is 9.76. The number of aromatic nitrogens is 3. The highest BCUT2D eigenvalue weighted by molar-refractivity contribution is 7.15. The van der Waals surface area contributed by atoms with E-state index in [4.69, 9.17) is 15.2 Å². The van der Waals surface area contributed by atoms with Gasteiger partial charge in [0.05, 0.1) is 6.07 Å². The molecule has 7 nitrogen and oxygen atoms in total. The van der Waals surface area contributed by atoms with Gasteiger partial charge in [-0.05, 0) is 51.9 Å². The van der Waals surface area contributed by atoms with Gasteiger partial charge in [0, 0.05) is 54.4 Å². The Hall–Kier alpha value is -2.24. The normalized spacial score (nSPS) is 26.0. The van der Waals surface area contributed by atoms with Crippen molar-refractivity contribution in [2.24, 2.45) is 5.92 Å². The molecule has 0 aliphatic carbocycles. The number of hydrogen-bond donors (Lipinski definition) is 2. The van der Waals surface area contributed by atoms with E-state index in [0.29, 0.717) is 30.5 Å². The Labute approximate surface area is 176 Å². The summed E-state index contributed by atoms with van der Waals surface area (Å²) in [5.41, 5.74) is 0.948. The van der Waals surface area contributed by atoms with Gasteiger partial charge in [-0.1, -0.05) is 0 Å². The van der Waals surface area contributed by atoms with E-state index in [-0.39, 0.29) is 0 Å². The number of hydrogen-bond acceptors (Lipinski definition) is 8. The molecule has 2 aromatic rings. The number of anilines is 3. The minimum absolute atomic E-state index is 0.430. The number of aryl methyl sites for hydroxylation is 2. The molecule has 2 aliphatic rings. The van der Waals surface area contributed by atoms with Crippen LogP contribution in [0.1, 0.15) is 49.1 Å². The van der Waals surface area contributed by atoms with Crippen LogP contribution in [0.2, 0.25) is 0 Å². The number of nitrogens with zero attached hydrogens (tertiary/aromatic N) is 5. The summed E-state index contributed by atoms with van der Waals surface area (Å²) in [5, 5.41) is 16.8. The third-order valence-corrected chi connectivity index (χ3v) is 6.87. The lowest BCUT2D eigenvalue weighted by molar-refractivity contribution is 0.164. The average molecular weight is 412 g/mol. The summed E-state index contributed by atoms with van der Waals surface area (Å²) < 4.78 is 0. The van der Waals surface area contributed by atoms with Crippen molar-refractivity contribution in [3.05, 3.63) is 22.8 Å². The van der Waals surface area contributed by atoms with Gasteiger partial charge in [-0.3, -0.25) is 0 Å². The Kier molecular flexibility index (Phi) is 5.97. The molecule has 0 saturated carbocycles. The minimum atomic E-state index is 0.430. The summed E-state index contributed by atoms with van der Waals surface area (Å²) in [6.45, 7) is 4.06. The standard InChI is InChI=1S/C21H29N7S/c1-13-7-19(27-21-23-12-14(2)29-21)26-20(24-13)28(3)18-10-16-8-15(5-4-6-22)9-17(11-18)25-16/h7,12,15-18,25H,4-5,8-11H2,1-3H3,(H,23,24,26,27). The summed E-state index contributed by atoms with van der Waals surface area (Å²) in [7, 11) is 2.12. The van der Waals surface area contributed by atoms with Crippen LogP contribution in [-0.2, 0) is 0 Å². The molecular weight excluding hydrogens is 382 g/mol. The SMILES string of the molecule is Cc1cc(Nc2ncc(C)s2)nc(N(C)C2CC3CC(CCC#N)CC(C2)N3)n1. The predicted molar refractivity (Wildman–Crippen MR) is 117 cm³/mol. The molecule has 2 bridgehead atoms. The smallest absolute Gasteiger partial charge is 0.227 e. The molecule has 8 heteroatoms. The van der Waals surface area contributed by atoms with Crippen molar-refractivity contribution < 1.29 is 0 Å². The molecule has 2 aromatic heterocycles. The molecule has 154 valence electrons. The van der Waals surface area contributed by atoms with Gasteiger partial charge in [0.1, 0.15) is 5.82 Å². The van der Waals surface area contributed by atoms with Gasteiger partial charge in [0.25, 0.3) is 0 Å². The van der Waals surface area contributed by atoms with E-state index >= 15 is 0 Å². The van der Waals surface area contributed by atoms with Crippen molar-refractivity contribution in [3.63, 3.8) is 0 Å². The van der Waals surface area contributed by atoms with Crippen molar-refractivity contribution in [2.45, 2.75) is 70.5 Å². The van der Waals surface area contributed by atoms with E-state index in [2.05, 4.69) is 33.6 Å². The predicted octanol–water partition coefficient (Wildman–Crippen LogP) is 3.93. The Morgan fingerprint density at radius 3 is 2.66 bits per heavy atom. The number of rotatable bonds is 6. The minimum Gasteiger partial charge on any atom is -0.341 e. The first kappa shape index (κ1) is 20.0. The highest BCUT2D eigenvalue weighted by Gasteiger charge is 2.37. The van der Waals surface area contributed by atoms with E-state index in [1.54, 1.807) is 11.3 Å². The third kappa shape index (κ3) is 4.85. The summed E-state index contributed by atoms with van der Waals surface area (Å²) in [6.07, 6.45) is 8.13. The third-order valence-electron chi connectivity index (χ3n) is 6.05. The van der Waals surface area contributed by atoms with Gasteiger partial charge < -0.3 is 15.5 Å². The molecule has 0 amide bonds. The van der Waals surface area contributed by atoms with Crippen LogP contribution in [0.3, 0.4) is 0 Å². The van der Waals surface area contributed by atoms with Gasteiger partial charge in [0.2, 0.25) is 5.95 Å².